The van der Waals surface area contributed by atoms with E-state index in [2.05, 4.69) is 10.3 Å². The fourth-order valence-corrected chi connectivity index (χ4v) is 1.83. The molecule has 1 aromatic rings. The van der Waals surface area contributed by atoms with Crippen molar-refractivity contribution < 1.29 is 8.42 Å². The average Bonchev–Trinajstić information content (AvgIpc) is 2.62. The highest BCUT2D eigenvalue weighted by Crippen LogP contribution is 2.11. The molecule has 92 valence electrons. The Bertz CT molecular complexity index is 426. The highest BCUT2D eigenvalue weighted by atomic mass is 32.2. The van der Waals surface area contributed by atoms with Crippen molar-refractivity contribution in [2.75, 3.05) is 12.0 Å². The minimum atomic E-state index is -2.96. The van der Waals surface area contributed by atoms with Crippen molar-refractivity contribution in [3.63, 3.8) is 0 Å². The van der Waals surface area contributed by atoms with E-state index in [0.717, 1.165) is 18.5 Å². The SMILES string of the molecule is CCCC(N)c1cn(CCS(C)(=O)=O)nn1. The fourth-order valence-electron chi connectivity index (χ4n) is 1.31. The second-order valence-corrected chi connectivity index (χ2v) is 6.19. The van der Waals surface area contributed by atoms with Gasteiger partial charge in [0, 0.05) is 6.26 Å². The first-order chi connectivity index (χ1) is 7.42. The van der Waals surface area contributed by atoms with Crippen LogP contribution in [0, 0.1) is 0 Å². The van der Waals surface area contributed by atoms with Gasteiger partial charge in [0.2, 0.25) is 0 Å². The summed E-state index contributed by atoms with van der Waals surface area (Å²) in [6, 6.07) is -0.114. The number of hydrogen-bond acceptors (Lipinski definition) is 5. The number of aryl methyl sites for hydroxylation is 1. The standard InChI is InChI=1S/C9H18N4O2S/c1-3-4-8(10)9-7-13(12-11-9)5-6-16(2,14)15/h7-8H,3-6,10H2,1-2H3. The molecule has 0 aliphatic heterocycles. The first-order valence-corrected chi connectivity index (χ1v) is 7.31. The van der Waals surface area contributed by atoms with Crippen LogP contribution in [-0.2, 0) is 16.4 Å². The summed E-state index contributed by atoms with van der Waals surface area (Å²) in [5.74, 6) is 0.0683. The largest absolute Gasteiger partial charge is 0.323 e. The summed E-state index contributed by atoms with van der Waals surface area (Å²) in [5, 5.41) is 7.77. The van der Waals surface area contributed by atoms with Crippen molar-refractivity contribution in [2.45, 2.75) is 32.4 Å². The summed E-state index contributed by atoms with van der Waals surface area (Å²) in [7, 11) is -2.96. The van der Waals surface area contributed by atoms with Gasteiger partial charge in [0.15, 0.2) is 0 Å². The number of nitrogens with zero attached hydrogens (tertiary/aromatic N) is 3. The molecule has 0 bridgehead atoms. The summed E-state index contributed by atoms with van der Waals surface area (Å²) in [6.07, 6.45) is 4.75. The molecule has 0 aromatic carbocycles. The zero-order chi connectivity index (χ0) is 12.2. The summed E-state index contributed by atoms with van der Waals surface area (Å²) in [6.45, 7) is 2.37. The van der Waals surface area contributed by atoms with Gasteiger partial charge in [-0.2, -0.15) is 0 Å². The van der Waals surface area contributed by atoms with Crippen LogP contribution in [0.3, 0.4) is 0 Å². The third kappa shape index (κ3) is 4.28. The van der Waals surface area contributed by atoms with Crippen LogP contribution in [0.5, 0.6) is 0 Å². The Morgan fingerprint density at radius 1 is 1.56 bits per heavy atom. The van der Waals surface area contributed by atoms with Crippen molar-refractivity contribution in [1.82, 2.24) is 15.0 Å². The van der Waals surface area contributed by atoms with Gasteiger partial charge in [-0.25, -0.2) is 8.42 Å². The predicted molar refractivity (Wildman–Crippen MR) is 61.6 cm³/mol. The van der Waals surface area contributed by atoms with Crippen molar-refractivity contribution in [3.8, 4) is 0 Å². The Hall–Kier alpha value is -0.950. The number of nitrogens with two attached hydrogens (primary N) is 1. The van der Waals surface area contributed by atoms with E-state index < -0.39 is 9.84 Å². The van der Waals surface area contributed by atoms with Crippen LogP contribution in [0.4, 0.5) is 0 Å². The second-order valence-electron chi connectivity index (χ2n) is 3.93. The van der Waals surface area contributed by atoms with E-state index in [1.54, 1.807) is 6.20 Å². The van der Waals surface area contributed by atoms with Gasteiger partial charge in [-0.15, -0.1) is 5.10 Å². The first-order valence-electron chi connectivity index (χ1n) is 5.25. The molecule has 0 saturated heterocycles. The highest BCUT2D eigenvalue weighted by Gasteiger charge is 2.10. The lowest BCUT2D eigenvalue weighted by Crippen LogP contribution is -2.12. The highest BCUT2D eigenvalue weighted by molar-refractivity contribution is 7.90. The minimum Gasteiger partial charge on any atom is -0.323 e. The molecule has 0 amide bonds. The number of hydrogen-bond donors (Lipinski definition) is 1. The summed E-state index contributed by atoms with van der Waals surface area (Å²) in [5.41, 5.74) is 6.58. The lowest BCUT2D eigenvalue weighted by molar-refractivity contribution is 0.579. The van der Waals surface area contributed by atoms with E-state index in [9.17, 15) is 8.42 Å². The third-order valence-corrected chi connectivity index (χ3v) is 3.15. The number of rotatable bonds is 6. The molecule has 1 rings (SSSR count). The van der Waals surface area contributed by atoms with E-state index in [1.165, 1.54) is 10.9 Å². The Balaban J connectivity index is 2.58. The van der Waals surface area contributed by atoms with Crippen molar-refractivity contribution >= 4 is 9.84 Å². The van der Waals surface area contributed by atoms with Crippen LogP contribution >= 0.6 is 0 Å². The Labute approximate surface area is 95.7 Å². The minimum absolute atomic E-state index is 0.0683. The van der Waals surface area contributed by atoms with Gasteiger partial charge in [0.05, 0.1) is 30.2 Å². The lowest BCUT2D eigenvalue weighted by atomic mass is 10.1. The monoisotopic (exact) mass is 246 g/mol. The zero-order valence-corrected chi connectivity index (χ0v) is 10.4. The lowest BCUT2D eigenvalue weighted by Gasteiger charge is -2.04. The topological polar surface area (TPSA) is 90.9 Å². The molecule has 0 spiro atoms. The molecule has 16 heavy (non-hydrogen) atoms. The van der Waals surface area contributed by atoms with Crippen LogP contribution in [-0.4, -0.2) is 35.4 Å². The van der Waals surface area contributed by atoms with Gasteiger partial charge >= 0.3 is 0 Å². The molecule has 0 saturated carbocycles. The number of sulfone groups is 1. The average molecular weight is 246 g/mol. The van der Waals surface area contributed by atoms with Crippen molar-refractivity contribution in [1.29, 1.82) is 0 Å². The molecule has 1 aromatic heterocycles. The van der Waals surface area contributed by atoms with E-state index in [-0.39, 0.29) is 11.8 Å². The van der Waals surface area contributed by atoms with Crippen LogP contribution in [0.15, 0.2) is 6.20 Å². The Kier molecular flexibility index (Phi) is 4.43. The van der Waals surface area contributed by atoms with Gasteiger partial charge < -0.3 is 5.73 Å². The predicted octanol–water partition coefficient (Wildman–Crippen LogP) is 0.123. The van der Waals surface area contributed by atoms with Crippen LogP contribution in [0.25, 0.3) is 0 Å². The molecule has 2 N–H and O–H groups in total. The maximum absolute atomic E-state index is 11.0. The third-order valence-electron chi connectivity index (χ3n) is 2.23. The Morgan fingerprint density at radius 3 is 2.81 bits per heavy atom. The smallest absolute Gasteiger partial charge is 0.149 e. The summed E-state index contributed by atoms with van der Waals surface area (Å²) in [4.78, 5) is 0. The Morgan fingerprint density at radius 2 is 2.25 bits per heavy atom. The summed E-state index contributed by atoms with van der Waals surface area (Å²) < 4.78 is 23.4. The maximum Gasteiger partial charge on any atom is 0.149 e. The molecule has 6 nitrogen and oxygen atoms in total. The maximum atomic E-state index is 11.0. The van der Waals surface area contributed by atoms with Crippen LogP contribution in [0.2, 0.25) is 0 Å². The molecular formula is C9H18N4O2S. The quantitative estimate of drug-likeness (QED) is 0.770. The van der Waals surface area contributed by atoms with E-state index >= 15 is 0 Å². The second kappa shape index (κ2) is 5.40. The zero-order valence-electron chi connectivity index (χ0n) is 9.63. The molecule has 1 unspecified atom stereocenters. The molecule has 0 aliphatic carbocycles. The van der Waals surface area contributed by atoms with Gasteiger partial charge in [-0.3, -0.25) is 4.68 Å². The van der Waals surface area contributed by atoms with Crippen molar-refractivity contribution in [3.05, 3.63) is 11.9 Å². The summed E-state index contributed by atoms with van der Waals surface area (Å²) >= 11 is 0. The molecule has 0 radical (unpaired) electrons. The van der Waals surface area contributed by atoms with Gasteiger partial charge in [0.25, 0.3) is 0 Å². The van der Waals surface area contributed by atoms with E-state index in [4.69, 9.17) is 5.73 Å². The fraction of sp³-hybridized carbons (Fsp3) is 0.778. The molecule has 0 aliphatic rings. The number of aromatic nitrogens is 3. The van der Waals surface area contributed by atoms with Crippen LogP contribution in [0.1, 0.15) is 31.5 Å². The molecule has 1 atom stereocenters. The molecule has 7 heteroatoms. The van der Waals surface area contributed by atoms with Gasteiger partial charge in [-0.05, 0) is 6.42 Å². The van der Waals surface area contributed by atoms with Crippen molar-refractivity contribution in [2.24, 2.45) is 5.73 Å². The molecule has 0 fully saturated rings. The van der Waals surface area contributed by atoms with E-state index in [0.29, 0.717) is 6.54 Å². The molecular weight excluding hydrogens is 228 g/mol. The van der Waals surface area contributed by atoms with E-state index in [1.807, 2.05) is 6.92 Å². The van der Waals surface area contributed by atoms with Gasteiger partial charge in [0.1, 0.15) is 9.84 Å². The van der Waals surface area contributed by atoms with Crippen LogP contribution < -0.4 is 5.73 Å². The molecule has 1 heterocycles. The first kappa shape index (κ1) is 13.1. The normalized spacial score (nSPS) is 13.9. The van der Waals surface area contributed by atoms with Gasteiger partial charge in [-0.1, -0.05) is 18.6 Å².